The van der Waals surface area contributed by atoms with Crippen LogP contribution in [0.3, 0.4) is 0 Å². The van der Waals surface area contributed by atoms with Crippen LogP contribution in [0.25, 0.3) is 0 Å². The minimum absolute atomic E-state index is 0.206. The summed E-state index contributed by atoms with van der Waals surface area (Å²) in [5.74, 6) is 0. The Bertz CT molecular complexity index is 1260. The lowest BCUT2D eigenvalue weighted by Crippen LogP contribution is -2.55. The zero-order chi connectivity index (χ0) is 34.9. The zero-order valence-electron chi connectivity index (χ0n) is 29.0. The van der Waals surface area contributed by atoms with Gasteiger partial charge >= 0.3 is 18.4 Å². The Morgan fingerprint density at radius 2 is 0.978 bits per heavy atom. The van der Waals surface area contributed by atoms with Gasteiger partial charge in [0.15, 0.2) is 0 Å². The van der Waals surface area contributed by atoms with Crippen LogP contribution in [-0.4, -0.2) is 67.0 Å². The molecule has 0 unspecified atom stereocenters. The molecule has 0 radical (unpaired) electrons. The molecule has 2 aromatic carbocycles. The second kappa shape index (κ2) is 15.3. The molecule has 0 heterocycles. The molecule has 0 fully saturated rings. The number of amides is 1. The van der Waals surface area contributed by atoms with E-state index in [0.717, 1.165) is 0 Å². The Morgan fingerprint density at radius 3 is 1.37 bits per heavy atom. The van der Waals surface area contributed by atoms with Crippen molar-refractivity contribution in [3.63, 3.8) is 0 Å². The van der Waals surface area contributed by atoms with E-state index >= 15 is 0 Å². The highest BCUT2D eigenvalue weighted by Crippen LogP contribution is 2.29. The van der Waals surface area contributed by atoms with Crippen LogP contribution in [0.5, 0.6) is 0 Å². The van der Waals surface area contributed by atoms with E-state index in [1.807, 2.05) is 17.0 Å². The maximum atomic E-state index is 13.3. The molecule has 12 heteroatoms. The van der Waals surface area contributed by atoms with Crippen molar-refractivity contribution in [3.05, 3.63) is 48.5 Å². The molecule has 0 aromatic heterocycles. The lowest BCUT2D eigenvalue weighted by molar-refractivity contribution is -0.0335. The molecule has 0 bridgehead atoms. The normalized spacial score (nSPS) is 12.1. The topological polar surface area (TPSA) is 156 Å². The highest BCUT2D eigenvalue weighted by atomic mass is 16.7. The third-order valence-electron chi connectivity index (χ3n) is 6.22. The summed E-state index contributed by atoms with van der Waals surface area (Å²) in [4.78, 5) is 42.0. The smallest absolute Gasteiger partial charge is 0.443 e. The fourth-order valence-corrected chi connectivity index (χ4v) is 4.23. The Balaban J connectivity index is 2.44. The molecular weight excluding hydrogens is 592 g/mol. The number of nitrogen functional groups attached to an aromatic ring is 2. The Morgan fingerprint density at radius 1 is 0.587 bits per heavy atom. The highest BCUT2D eigenvalue weighted by molar-refractivity contribution is 5.88. The average molecular weight is 645 g/mol. The van der Waals surface area contributed by atoms with Gasteiger partial charge in [-0.3, -0.25) is 4.90 Å². The van der Waals surface area contributed by atoms with Gasteiger partial charge in [0.05, 0.1) is 0 Å². The Labute approximate surface area is 273 Å². The number of hydrogen-bond donors (Lipinski definition) is 2. The van der Waals surface area contributed by atoms with Gasteiger partial charge in [0.25, 0.3) is 0 Å². The van der Waals surface area contributed by atoms with Crippen molar-refractivity contribution in [2.75, 3.05) is 47.6 Å². The number of nitrogens with zero attached hydrogens (tertiary/aromatic N) is 2. The van der Waals surface area contributed by atoms with Crippen LogP contribution in [0.2, 0.25) is 0 Å². The zero-order valence-corrected chi connectivity index (χ0v) is 29.0. The fraction of sp³-hybridized carbons (Fsp3) is 0.559. The van der Waals surface area contributed by atoms with E-state index in [-0.39, 0.29) is 19.8 Å². The molecule has 256 valence electrons. The Hall–Kier alpha value is -4.35. The predicted octanol–water partition coefficient (Wildman–Crippen LogP) is 7.15. The summed E-state index contributed by atoms with van der Waals surface area (Å²) in [6.07, 6.45) is -1.82. The number of carbonyl (C=O) groups is 3. The van der Waals surface area contributed by atoms with Crippen molar-refractivity contribution >= 4 is 41.2 Å². The third kappa shape index (κ3) is 13.3. The second-order valence-electron chi connectivity index (χ2n) is 14.3. The van der Waals surface area contributed by atoms with Crippen LogP contribution in [0.4, 0.5) is 37.1 Å². The lowest BCUT2D eigenvalue weighted by Gasteiger charge is -2.42. The first-order chi connectivity index (χ1) is 21.1. The fourth-order valence-electron chi connectivity index (χ4n) is 4.23. The highest BCUT2D eigenvalue weighted by Gasteiger charge is 2.37. The minimum Gasteiger partial charge on any atom is -0.443 e. The van der Waals surface area contributed by atoms with E-state index in [1.165, 1.54) is 4.90 Å². The predicted molar refractivity (Wildman–Crippen MR) is 180 cm³/mol. The molecule has 0 saturated heterocycles. The summed E-state index contributed by atoms with van der Waals surface area (Å²) in [5, 5.41) is 0. The molecule has 0 spiro atoms. The number of carbonyl (C=O) groups excluding carboxylic acids is 3. The molecule has 2 aromatic rings. The number of nitrogens with two attached hydrogens (primary N) is 2. The molecule has 0 saturated carbocycles. The van der Waals surface area contributed by atoms with Gasteiger partial charge < -0.3 is 40.1 Å². The van der Waals surface area contributed by atoms with Gasteiger partial charge in [-0.25, -0.2) is 14.4 Å². The molecule has 0 aliphatic carbocycles. The van der Waals surface area contributed by atoms with Crippen LogP contribution in [0, 0.1) is 0 Å². The maximum absolute atomic E-state index is 13.3. The van der Waals surface area contributed by atoms with Gasteiger partial charge in [-0.15, -0.1) is 0 Å². The summed E-state index contributed by atoms with van der Waals surface area (Å²) < 4.78 is 27.6. The van der Waals surface area contributed by atoms with Gasteiger partial charge in [0.1, 0.15) is 35.6 Å². The second-order valence-corrected chi connectivity index (χ2v) is 14.3. The van der Waals surface area contributed by atoms with Gasteiger partial charge in [0.2, 0.25) is 0 Å². The molecule has 2 rings (SSSR count). The first-order valence-electron chi connectivity index (χ1n) is 15.3. The molecule has 0 aliphatic heterocycles. The first kappa shape index (κ1) is 37.8. The van der Waals surface area contributed by atoms with Crippen molar-refractivity contribution < 1.29 is 38.1 Å². The largest absolute Gasteiger partial charge is 0.508 e. The van der Waals surface area contributed by atoms with E-state index < -0.39 is 40.7 Å². The minimum atomic E-state index is -1.11. The van der Waals surface area contributed by atoms with Crippen molar-refractivity contribution in [1.82, 2.24) is 0 Å². The van der Waals surface area contributed by atoms with Crippen molar-refractivity contribution in [2.45, 2.75) is 98.0 Å². The monoisotopic (exact) mass is 644 g/mol. The number of anilines is 4. The van der Waals surface area contributed by atoms with E-state index in [4.69, 9.17) is 35.2 Å². The van der Waals surface area contributed by atoms with E-state index in [0.29, 0.717) is 35.7 Å². The van der Waals surface area contributed by atoms with Crippen molar-refractivity contribution in [2.24, 2.45) is 0 Å². The van der Waals surface area contributed by atoms with Gasteiger partial charge in [0, 0.05) is 35.8 Å². The first-order valence-corrected chi connectivity index (χ1v) is 15.3. The maximum Gasteiger partial charge on any atom is 0.508 e. The van der Waals surface area contributed by atoms with Gasteiger partial charge in [-0.05, 0) is 124 Å². The average Bonchev–Trinajstić information content (AvgIpc) is 2.89. The van der Waals surface area contributed by atoms with E-state index in [9.17, 15) is 14.4 Å². The van der Waals surface area contributed by atoms with Crippen molar-refractivity contribution in [1.29, 1.82) is 0 Å². The molecule has 12 nitrogen and oxygen atoms in total. The number of ether oxygens (including phenoxy) is 5. The molecule has 0 aliphatic rings. The SMILES string of the molecule is CC(C)(C)OC(=O)OCC(C)(COC(=O)OC(C)(C)C)N(CCCN(C(=O)OC(C)(C)C)c1ccc(N)cc1)c1ccc(N)cc1. The quantitative estimate of drug-likeness (QED) is 0.145. The molecule has 46 heavy (non-hydrogen) atoms. The summed E-state index contributed by atoms with van der Waals surface area (Å²) in [6, 6.07) is 14.1. The van der Waals surface area contributed by atoms with Crippen molar-refractivity contribution in [3.8, 4) is 0 Å². The summed E-state index contributed by atoms with van der Waals surface area (Å²) in [7, 11) is 0. The summed E-state index contributed by atoms with van der Waals surface area (Å²) >= 11 is 0. The van der Waals surface area contributed by atoms with Crippen LogP contribution >= 0.6 is 0 Å². The summed E-state index contributed by atoms with van der Waals surface area (Å²) in [6.45, 7) is 17.8. The van der Waals surface area contributed by atoms with Crippen LogP contribution in [0.1, 0.15) is 75.7 Å². The summed E-state index contributed by atoms with van der Waals surface area (Å²) in [5.41, 5.74) is 11.0. The van der Waals surface area contributed by atoms with Crippen LogP contribution in [-0.2, 0) is 23.7 Å². The standard InChI is InChI=1S/C34H52N4O8/c1-31(2,3)44-28(39)37(26-16-12-24(35)13-17-26)20-11-21-38(27-18-14-25(36)15-19-27)34(10,22-42-29(40)45-32(4,5)6)23-43-30(41)46-33(7,8)9/h12-19H,11,20-23,35-36H2,1-10H3. The van der Waals surface area contributed by atoms with Crippen LogP contribution < -0.4 is 21.3 Å². The lowest BCUT2D eigenvalue weighted by atomic mass is 10.00. The number of rotatable bonds is 11. The number of benzene rings is 2. The van der Waals surface area contributed by atoms with E-state index in [1.54, 1.807) is 106 Å². The van der Waals surface area contributed by atoms with Crippen LogP contribution in [0.15, 0.2) is 48.5 Å². The number of hydrogen-bond acceptors (Lipinski definition) is 11. The third-order valence-corrected chi connectivity index (χ3v) is 6.22. The molecule has 4 N–H and O–H groups in total. The molecular formula is C34H52N4O8. The van der Waals surface area contributed by atoms with Gasteiger partial charge in [-0.2, -0.15) is 0 Å². The molecule has 1 amide bonds. The molecule has 0 atom stereocenters. The van der Waals surface area contributed by atoms with Gasteiger partial charge in [-0.1, -0.05) is 0 Å². The van der Waals surface area contributed by atoms with E-state index in [2.05, 4.69) is 0 Å². The Kier molecular flexibility index (Phi) is 12.6.